The molecule has 4 nitrogen and oxygen atoms in total. The molecular formula is C14H22N2O2. The van der Waals surface area contributed by atoms with E-state index in [1.54, 1.807) is 0 Å². The zero-order valence-electron chi connectivity index (χ0n) is 11.3. The summed E-state index contributed by atoms with van der Waals surface area (Å²) >= 11 is 0. The van der Waals surface area contributed by atoms with Crippen LogP contribution in [-0.2, 0) is 11.3 Å². The van der Waals surface area contributed by atoms with E-state index in [1.807, 2.05) is 25.1 Å². The standard InChI is InChI=1S/C14H22N2O2/c1-10(2)8-16-14(17)9-18-13-6-12(7-15)5-4-11(13)3/h4-6,10H,7-9,15H2,1-3H3,(H,16,17). The lowest BCUT2D eigenvalue weighted by molar-refractivity contribution is -0.123. The van der Waals surface area contributed by atoms with Crippen LogP contribution in [0.5, 0.6) is 5.75 Å². The van der Waals surface area contributed by atoms with E-state index >= 15 is 0 Å². The molecule has 0 aromatic heterocycles. The average molecular weight is 250 g/mol. The highest BCUT2D eigenvalue weighted by atomic mass is 16.5. The predicted octanol–water partition coefficient (Wildman–Crippen LogP) is 1.60. The largest absolute Gasteiger partial charge is 0.483 e. The van der Waals surface area contributed by atoms with Crippen LogP contribution in [0.25, 0.3) is 0 Å². The molecule has 0 saturated carbocycles. The Labute approximate surface area is 109 Å². The first-order valence-corrected chi connectivity index (χ1v) is 6.22. The SMILES string of the molecule is Cc1ccc(CN)cc1OCC(=O)NCC(C)C. The van der Waals surface area contributed by atoms with Crippen molar-refractivity contribution in [1.82, 2.24) is 5.32 Å². The Kier molecular flexibility index (Phi) is 5.65. The Morgan fingerprint density at radius 3 is 2.78 bits per heavy atom. The number of nitrogens with two attached hydrogens (primary N) is 1. The summed E-state index contributed by atoms with van der Waals surface area (Å²) in [5.74, 6) is 1.06. The highest BCUT2D eigenvalue weighted by Crippen LogP contribution is 2.19. The maximum atomic E-state index is 11.5. The minimum atomic E-state index is -0.0961. The van der Waals surface area contributed by atoms with Crippen LogP contribution in [0, 0.1) is 12.8 Å². The molecule has 1 aromatic rings. The molecule has 0 aliphatic heterocycles. The van der Waals surface area contributed by atoms with Gasteiger partial charge in [0.2, 0.25) is 0 Å². The van der Waals surface area contributed by atoms with Crippen LogP contribution >= 0.6 is 0 Å². The average Bonchev–Trinajstić information content (AvgIpc) is 2.35. The number of hydrogen-bond acceptors (Lipinski definition) is 3. The number of amides is 1. The van der Waals surface area contributed by atoms with E-state index in [1.165, 1.54) is 0 Å². The van der Waals surface area contributed by atoms with Gasteiger partial charge in [-0.25, -0.2) is 0 Å². The summed E-state index contributed by atoms with van der Waals surface area (Å²) in [6.07, 6.45) is 0. The minimum absolute atomic E-state index is 0.0432. The van der Waals surface area contributed by atoms with Gasteiger partial charge in [-0.3, -0.25) is 4.79 Å². The van der Waals surface area contributed by atoms with Gasteiger partial charge in [-0.2, -0.15) is 0 Å². The van der Waals surface area contributed by atoms with E-state index in [0.717, 1.165) is 16.9 Å². The van der Waals surface area contributed by atoms with Gasteiger partial charge in [0.25, 0.3) is 5.91 Å². The first-order chi connectivity index (χ1) is 8.52. The number of carbonyl (C=O) groups excluding carboxylic acids is 1. The third kappa shape index (κ3) is 4.75. The summed E-state index contributed by atoms with van der Waals surface area (Å²) in [7, 11) is 0. The molecule has 0 atom stereocenters. The Morgan fingerprint density at radius 1 is 1.44 bits per heavy atom. The van der Waals surface area contributed by atoms with E-state index < -0.39 is 0 Å². The Morgan fingerprint density at radius 2 is 2.17 bits per heavy atom. The van der Waals surface area contributed by atoms with Gasteiger partial charge in [-0.1, -0.05) is 26.0 Å². The van der Waals surface area contributed by atoms with Crippen molar-refractivity contribution in [1.29, 1.82) is 0 Å². The summed E-state index contributed by atoms with van der Waals surface area (Å²) < 4.78 is 5.51. The molecule has 0 saturated heterocycles. The Balaban J connectivity index is 2.50. The van der Waals surface area contributed by atoms with Crippen molar-refractivity contribution in [2.24, 2.45) is 11.7 Å². The zero-order valence-corrected chi connectivity index (χ0v) is 11.3. The van der Waals surface area contributed by atoms with Crippen LogP contribution in [-0.4, -0.2) is 19.1 Å². The number of ether oxygens (including phenoxy) is 1. The fourth-order valence-electron chi connectivity index (χ4n) is 1.44. The summed E-state index contributed by atoms with van der Waals surface area (Å²) in [5, 5.41) is 2.81. The van der Waals surface area contributed by atoms with Gasteiger partial charge in [-0.15, -0.1) is 0 Å². The lowest BCUT2D eigenvalue weighted by Crippen LogP contribution is -2.31. The summed E-state index contributed by atoms with van der Waals surface area (Å²) in [5.41, 5.74) is 7.57. The lowest BCUT2D eigenvalue weighted by atomic mass is 10.1. The van der Waals surface area contributed by atoms with E-state index in [0.29, 0.717) is 19.0 Å². The molecular weight excluding hydrogens is 228 g/mol. The fourth-order valence-corrected chi connectivity index (χ4v) is 1.44. The number of carbonyl (C=O) groups is 1. The van der Waals surface area contributed by atoms with Gasteiger partial charge in [0, 0.05) is 13.1 Å². The number of nitrogens with one attached hydrogen (secondary N) is 1. The quantitative estimate of drug-likeness (QED) is 0.806. The second kappa shape index (κ2) is 7.01. The highest BCUT2D eigenvalue weighted by Gasteiger charge is 2.06. The maximum absolute atomic E-state index is 11.5. The van der Waals surface area contributed by atoms with Gasteiger partial charge >= 0.3 is 0 Å². The highest BCUT2D eigenvalue weighted by molar-refractivity contribution is 5.77. The van der Waals surface area contributed by atoms with Crippen molar-refractivity contribution in [3.05, 3.63) is 29.3 Å². The lowest BCUT2D eigenvalue weighted by Gasteiger charge is -2.11. The molecule has 0 unspecified atom stereocenters. The van der Waals surface area contributed by atoms with Crippen LogP contribution in [0.2, 0.25) is 0 Å². The Bertz CT molecular complexity index is 403. The topological polar surface area (TPSA) is 64.3 Å². The summed E-state index contributed by atoms with van der Waals surface area (Å²) in [6.45, 7) is 7.23. The molecule has 100 valence electrons. The molecule has 0 spiro atoms. The van der Waals surface area contributed by atoms with Gasteiger partial charge in [0.1, 0.15) is 5.75 Å². The van der Waals surface area contributed by atoms with Crippen molar-refractivity contribution < 1.29 is 9.53 Å². The zero-order chi connectivity index (χ0) is 13.5. The normalized spacial score (nSPS) is 10.5. The van der Waals surface area contributed by atoms with Crippen LogP contribution in [0.3, 0.4) is 0 Å². The van der Waals surface area contributed by atoms with Crippen molar-refractivity contribution >= 4 is 5.91 Å². The third-order valence-electron chi connectivity index (χ3n) is 2.55. The number of benzene rings is 1. The fraction of sp³-hybridized carbons (Fsp3) is 0.500. The van der Waals surface area contributed by atoms with Crippen LogP contribution in [0.15, 0.2) is 18.2 Å². The van der Waals surface area contributed by atoms with Gasteiger partial charge in [-0.05, 0) is 30.0 Å². The maximum Gasteiger partial charge on any atom is 0.257 e. The van der Waals surface area contributed by atoms with Crippen LogP contribution in [0.4, 0.5) is 0 Å². The first kappa shape index (κ1) is 14.5. The van der Waals surface area contributed by atoms with Gasteiger partial charge < -0.3 is 15.8 Å². The third-order valence-corrected chi connectivity index (χ3v) is 2.55. The first-order valence-electron chi connectivity index (χ1n) is 6.22. The summed E-state index contributed by atoms with van der Waals surface area (Å²) in [4.78, 5) is 11.5. The molecule has 0 aliphatic rings. The molecule has 0 bridgehead atoms. The van der Waals surface area contributed by atoms with E-state index in [2.05, 4.69) is 19.2 Å². The molecule has 4 heteroatoms. The minimum Gasteiger partial charge on any atom is -0.483 e. The molecule has 1 aromatic carbocycles. The van der Waals surface area contributed by atoms with Gasteiger partial charge in [0.05, 0.1) is 0 Å². The second-order valence-corrected chi connectivity index (χ2v) is 4.79. The van der Waals surface area contributed by atoms with Crippen molar-refractivity contribution in [3.8, 4) is 5.75 Å². The number of aryl methyl sites for hydroxylation is 1. The molecule has 1 amide bonds. The van der Waals surface area contributed by atoms with E-state index in [-0.39, 0.29) is 12.5 Å². The summed E-state index contributed by atoms with van der Waals surface area (Å²) in [6, 6.07) is 5.79. The Hall–Kier alpha value is -1.55. The molecule has 3 N–H and O–H groups in total. The number of hydrogen-bond donors (Lipinski definition) is 2. The van der Waals surface area contributed by atoms with Crippen molar-refractivity contribution in [2.45, 2.75) is 27.3 Å². The molecule has 0 radical (unpaired) electrons. The molecule has 18 heavy (non-hydrogen) atoms. The molecule has 0 heterocycles. The van der Waals surface area contributed by atoms with Crippen molar-refractivity contribution in [2.75, 3.05) is 13.2 Å². The smallest absolute Gasteiger partial charge is 0.257 e. The van der Waals surface area contributed by atoms with Crippen molar-refractivity contribution in [3.63, 3.8) is 0 Å². The van der Waals surface area contributed by atoms with E-state index in [9.17, 15) is 4.79 Å². The monoisotopic (exact) mass is 250 g/mol. The molecule has 0 aliphatic carbocycles. The molecule has 1 rings (SSSR count). The van der Waals surface area contributed by atoms with Crippen LogP contribution < -0.4 is 15.8 Å². The second-order valence-electron chi connectivity index (χ2n) is 4.79. The predicted molar refractivity (Wildman–Crippen MR) is 72.4 cm³/mol. The van der Waals surface area contributed by atoms with E-state index in [4.69, 9.17) is 10.5 Å². The van der Waals surface area contributed by atoms with Gasteiger partial charge in [0.15, 0.2) is 6.61 Å². The number of rotatable bonds is 6. The van der Waals surface area contributed by atoms with Crippen LogP contribution in [0.1, 0.15) is 25.0 Å². The molecule has 0 fully saturated rings.